The van der Waals surface area contributed by atoms with Gasteiger partial charge in [-0.05, 0) is 62.2 Å². The summed E-state index contributed by atoms with van der Waals surface area (Å²) in [6.07, 6.45) is 2.24. The molecule has 3 rings (SSSR count). The second-order valence-electron chi connectivity index (χ2n) is 7.48. The number of carbonyl (C=O) groups excluding carboxylic acids is 1. The Hall–Kier alpha value is -2.31. The average Bonchev–Trinajstić information content (AvgIpc) is 2.76. The minimum atomic E-state index is -0.280. The first-order chi connectivity index (χ1) is 14.5. The minimum Gasteiger partial charge on any atom is -0.493 e. The highest BCUT2D eigenvalue weighted by atomic mass is 35.5. The van der Waals surface area contributed by atoms with E-state index in [1.165, 1.54) is 6.07 Å². The van der Waals surface area contributed by atoms with Crippen molar-refractivity contribution < 1.29 is 18.7 Å². The van der Waals surface area contributed by atoms with Crippen LogP contribution in [0.4, 0.5) is 4.39 Å². The molecule has 0 atom stereocenters. The van der Waals surface area contributed by atoms with Crippen LogP contribution >= 0.6 is 11.6 Å². The predicted molar refractivity (Wildman–Crippen MR) is 116 cm³/mol. The highest BCUT2D eigenvalue weighted by Gasteiger charge is 2.25. The van der Waals surface area contributed by atoms with Gasteiger partial charge in [-0.15, -0.1) is 0 Å². The van der Waals surface area contributed by atoms with Crippen molar-refractivity contribution in [3.8, 4) is 11.5 Å². The van der Waals surface area contributed by atoms with E-state index in [4.69, 9.17) is 21.1 Å². The zero-order valence-electron chi connectivity index (χ0n) is 17.4. The number of halogens is 2. The van der Waals surface area contributed by atoms with Crippen molar-refractivity contribution in [3.05, 3.63) is 58.4 Å². The van der Waals surface area contributed by atoms with Crippen molar-refractivity contribution in [2.75, 3.05) is 33.9 Å². The van der Waals surface area contributed by atoms with Gasteiger partial charge in [0.05, 0.1) is 14.2 Å². The summed E-state index contributed by atoms with van der Waals surface area (Å²) in [6.45, 7) is 2.54. The number of carbonyl (C=O) groups is 1. The smallest absolute Gasteiger partial charge is 0.223 e. The molecule has 0 bridgehead atoms. The maximum Gasteiger partial charge on any atom is 0.223 e. The number of hydrogen-bond acceptors (Lipinski definition) is 4. The molecular formula is C23H28ClFN2O3. The molecule has 1 aliphatic rings. The Balaban J connectivity index is 1.43. The average molecular weight is 435 g/mol. The van der Waals surface area contributed by atoms with Crippen LogP contribution < -0.4 is 14.8 Å². The van der Waals surface area contributed by atoms with Gasteiger partial charge in [-0.1, -0.05) is 23.7 Å². The summed E-state index contributed by atoms with van der Waals surface area (Å²) in [4.78, 5) is 14.7. The Kier molecular flexibility index (Phi) is 7.94. The highest BCUT2D eigenvalue weighted by Crippen LogP contribution is 2.28. The lowest BCUT2D eigenvalue weighted by molar-refractivity contribution is -0.126. The fourth-order valence-electron chi connectivity index (χ4n) is 3.77. The molecule has 1 N–H and O–H groups in total. The summed E-state index contributed by atoms with van der Waals surface area (Å²) < 4.78 is 24.6. The zero-order valence-corrected chi connectivity index (χ0v) is 18.2. The normalized spacial score (nSPS) is 15.1. The Morgan fingerprint density at radius 3 is 2.57 bits per heavy atom. The molecule has 0 aromatic heterocycles. The standard InChI is InChI=1S/C23H28ClFN2O3/c1-29-21-7-6-16(14-22(21)30-2)8-11-26-23(28)17-9-12-27(13-10-17)15-18-19(24)4-3-5-20(18)25/h3-7,14,17H,8-13,15H2,1-2H3,(H,26,28). The van der Waals surface area contributed by atoms with Gasteiger partial charge in [-0.25, -0.2) is 4.39 Å². The number of likely N-dealkylation sites (tertiary alicyclic amines) is 1. The highest BCUT2D eigenvalue weighted by molar-refractivity contribution is 6.31. The van der Waals surface area contributed by atoms with Crippen LogP contribution in [0.15, 0.2) is 36.4 Å². The quantitative estimate of drug-likeness (QED) is 0.680. The third-order valence-corrected chi connectivity index (χ3v) is 5.92. The Morgan fingerprint density at radius 2 is 1.90 bits per heavy atom. The molecule has 2 aromatic carbocycles. The number of amides is 1. The summed E-state index contributed by atoms with van der Waals surface area (Å²) >= 11 is 6.13. The summed E-state index contributed by atoms with van der Waals surface area (Å²) in [5.41, 5.74) is 1.60. The molecule has 7 heteroatoms. The number of ether oxygens (including phenoxy) is 2. The van der Waals surface area contributed by atoms with Crippen LogP contribution in [-0.4, -0.2) is 44.7 Å². The van der Waals surface area contributed by atoms with Gasteiger partial charge >= 0.3 is 0 Å². The maximum atomic E-state index is 14.0. The molecule has 0 spiro atoms. The van der Waals surface area contributed by atoms with Gasteiger partial charge in [0.25, 0.3) is 0 Å². The lowest BCUT2D eigenvalue weighted by Gasteiger charge is -2.31. The van der Waals surface area contributed by atoms with Crippen molar-refractivity contribution in [3.63, 3.8) is 0 Å². The molecule has 1 heterocycles. The second-order valence-corrected chi connectivity index (χ2v) is 7.89. The third kappa shape index (κ3) is 5.64. The first kappa shape index (κ1) is 22.4. The van der Waals surface area contributed by atoms with E-state index in [1.807, 2.05) is 18.2 Å². The second kappa shape index (κ2) is 10.6. The fraction of sp³-hybridized carbons (Fsp3) is 0.435. The molecule has 1 saturated heterocycles. The van der Waals surface area contributed by atoms with Crippen LogP contribution in [0.25, 0.3) is 0 Å². The molecule has 30 heavy (non-hydrogen) atoms. The fourth-order valence-corrected chi connectivity index (χ4v) is 3.99. The predicted octanol–water partition coefficient (Wildman–Crippen LogP) is 4.07. The van der Waals surface area contributed by atoms with Gasteiger partial charge in [-0.2, -0.15) is 0 Å². The van der Waals surface area contributed by atoms with Crippen LogP contribution in [0.2, 0.25) is 5.02 Å². The van der Waals surface area contributed by atoms with Gasteiger partial charge in [0, 0.05) is 29.6 Å². The van der Waals surface area contributed by atoms with E-state index in [1.54, 1.807) is 26.4 Å². The SMILES string of the molecule is COc1ccc(CCNC(=O)C2CCN(Cc3c(F)cccc3Cl)CC2)cc1OC. The number of methoxy groups -OCH3 is 2. The summed E-state index contributed by atoms with van der Waals surface area (Å²) in [5, 5.41) is 3.49. The topological polar surface area (TPSA) is 50.8 Å². The number of nitrogens with zero attached hydrogens (tertiary/aromatic N) is 1. The van der Waals surface area contributed by atoms with E-state index in [0.29, 0.717) is 35.2 Å². The Morgan fingerprint density at radius 1 is 1.17 bits per heavy atom. The van der Waals surface area contributed by atoms with Gasteiger partial charge in [0.15, 0.2) is 11.5 Å². The van der Waals surface area contributed by atoms with Crippen molar-refractivity contribution in [2.45, 2.75) is 25.8 Å². The van der Waals surface area contributed by atoms with E-state index in [-0.39, 0.29) is 17.6 Å². The third-order valence-electron chi connectivity index (χ3n) is 5.56. The van der Waals surface area contributed by atoms with Gasteiger partial charge in [0.1, 0.15) is 5.82 Å². The molecule has 0 saturated carbocycles. The van der Waals surface area contributed by atoms with Crippen LogP contribution in [0, 0.1) is 11.7 Å². The summed E-state index contributed by atoms with van der Waals surface area (Å²) in [6, 6.07) is 10.5. The van der Waals surface area contributed by atoms with E-state index in [9.17, 15) is 9.18 Å². The molecule has 0 aliphatic carbocycles. The van der Waals surface area contributed by atoms with Crippen LogP contribution in [0.3, 0.4) is 0 Å². The summed E-state index contributed by atoms with van der Waals surface area (Å²) in [5.74, 6) is 1.16. The lowest BCUT2D eigenvalue weighted by Crippen LogP contribution is -2.40. The van der Waals surface area contributed by atoms with Gasteiger partial charge < -0.3 is 14.8 Å². The molecule has 5 nitrogen and oxygen atoms in total. The maximum absolute atomic E-state index is 14.0. The van der Waals surface area contributed by atoms with Crippen molar-refractivity contribution in [1.29, 1.82) is 0 Å². The Labute approximate surface area is 182 Å². The monoisotopic (exact) mass is 434 g/mol. The summed E-state index contributed by atoms with van der Waals surface area (Å²) in [7, 11) is 3.21. The van der Waals surface area contributed by atoms with Crippen molar-refractivity contribution >= 4 is 17.5 Å². The molecule has 0 unspecified atom stereocenters. The molecule has 162 valence electrons. The minimum absolute atomic E-state index is 0.0113. The first-order valence-corrected chi connectivity index (χ1v) is 10.5. The lowest BCUT2D eigenvalue weighted by atomic mass is 9.95. The van der Waals surface area contributed by atoms with E-state index in [0.717, 1.165) is 37.9 Å². The molecule has 0 radical (unpaired) electrons. The van der Waals surface area contributed by atoms with Crippen molar-refractivity contribution in [2.24, 2.45) is 5.92 Å². The molecule has 1 fully saturated rings. The van der Waals surface area contributed by atoms with Gasteiger partial charge in [-0.3, -0.25) is 9.69 Å². The number of piperidine rings is 1. The molecule has 1 aliphatic heterocycles. The molecule has 1 amide bonds. The first-order valence-electron chi connectivity index (χ1n) is 10.2. The largest absolute Gasteiger partial charge is 0.493 e. The Bertz CT molecular complexity index is 849. The number of nitrogens with one attached hydrogen (secondary N) is 1. The van der Waals surface area contributed by atoms with Crippen molar-refractivity contribution in [1.82, 2.24) is 10.2 Å². The number of hydrogen-bond donors (Lipinski definition) is 1. The number of rotatable bonds is 8. The van der Waals surface area contributed by atoms with Crippen LogP contribution in [0.5, 0.6) is 11.5 Å². The van der Waals surface area contributed by atoms with Gasteiger partial charge in [0.2, 0.25) is 5.91 Å². The molecular weight excluding hydrogens is 407 g/mol. The number of benzene rings is 2. The van der Waals surface area contributed by atoms with E-state index >= 15 is 0 Å². The van der Waals surface area contributed by atoms with Crippen LogP contribution in [0.1, 0.15) is 24.0 Å². The van der Waals surface area contributed by atoms with E-state index in [2.05, 4.69) is 10.2 Å². The molecule has 2 aromatic rings. The van der Waals surface area contributed by atoms with E-state index < -0.39 is 0 Å². The zero-order chi connectivity index (χ0) is 21.5. The van der Waals surface area contributed by atoms with Crippen LogP contribution in [-0.2, 0) is 17.8 Å².